The number of nitrogens with zero attached hydrogens (tertiary/aromatic N) is 3. The fraction of sp³-hybridized carbons (Fsp3) is 0.0667. The smallest absolute Gasteiger partial charge is 0.423 e. The van der Waals surface area contributed by atoms with Crippen molar-refractivity contribution in [3.8, 4) is 0 Å². The molecule has 0 bridgehead atoms. The van der Waals surface area contributed by atoms with Crippen LogP contribution in [0, 0.1) is 10.1 Å². The van der Waals surface area contributed by atoms with Crippen LogP contribution in [0.5, 0.6) is 0 Å². The van der Waals surface area contributed by atoms with E-state index in [1.807, 2.05) is 0 Å². The second kappa shape index (κ2) is 6.34. The van der Waals surface area contributed by atoms with Gasteiger partial charge in [0.1, 0.15) is 5.56 Å². The van der Waals surface area contributed by atoms with E-state index in [4.69, 9.17) is 15.8 Å². The van der Waals surface area contributed by atoms with Gasteiger partial charge in [0.2, 0.25) is 0 Å². The van der Waals surface area contributed by atoms with E-state index in [1.54, 1.807) is 28.8 Å². The van der Waals surface area contributed by atoms with Crippen LogP contribution in [0.15, 0.2) is 42.7 Å². The van der Waals surface area contributed by atoms with E-state index in [1.165, 1.54) is 18.5 Å². The molecule has 0 aliphatic heterocycles. The van der Waals surface area contributed by atoms with E-state index in [0.29, 0.717) is 23.0 Å². The number of fused-ring (bicyclic) bond motifs is 1. The zero-order valence-corrected chi connectivity index (χ0v) is 12.9. The van der Waals surface area contributed by atoms with Gasteiger partial charge in [-0.1, -0.05) is 24.3 Å². The Labute approximate surface area is 141 Å². The molecule has 0 spiro atoms. The molecule has 126 valence electrons. The minimum atomic E-state index is -1.54. The molecule has 0 unspecified atom stereocenters. The maximum Gasteiger partial charge on any atom is 0.488 e. The van der Waals surface area contributed by atoms with Crippen molar-refractivity contribution < 1.29 is 19.8 Å². The Kier molecular flexibility index (Phi) is 4.22. The molecule has 9 nitrogen and oxygen atoms in total. The quantitative estimate of drug-likeness (QED) is 0.332. The number of amides is 1. The number of hydrogen-bond donors (Lipinski definition) is 3. The summed E-state index contributed by atoms with van der Waals surface area (Å²) in [5.74, 6) is -0.888. The maximum atomic E-state index is 11.4. The summed E-state index contributed by atoms with van der Waals surface area (Å²) in [6.45, 7) is 0.366. The maximum absolute atomic E-state index is 11.4. The SMILES string of the molecule is NC(=O)c1cc2ncn(Cc3ccc(B(O)O)cc3)c2cc1[N+](=O)[O-]. The average molecular weight is 340 g/mol. The second-order valence-corrected chi connectivity index (χ2v) is 5.47. The van der Waals surface area contributed by atoms with Crippen LogP contribution < -0.4 is 11.2 Å². The predicted octanol–water partition coefficient (Wildman–Crippen LogP) is -0.229. The topological polar surface area (TPSA) is 145 Å². The molecule has 0 saturated heterocycles. The molecule has 1 heterocycles. The molecule has 0 aliphatic rings. The monoisotopic (exact) mass is 340 g/mol. The zero-order valence-electron chi connectivity index (χ0n) is 12.9. The van der Waals surface area contributed by atoms with E-state index in [-0.39, 0.29) is 11.3 Å². The fourth-order valence-electron chi connectivity index (χ4n) is 2.56. The third-order valence-electron chi connectivity index (χ3n) is 3.83. The van der Waals surface area contributed by atoms with Crippen molar-refractivity contribution in [2.45, 2.75) is 6.54 Å². The van der Waals surface area contributed by atoms with Crippen molar-refractivity contribution in [2.75, 3.05) is 0 Å². The van der Waals surface area contributed by atoms with Crippen LogP contribution in [0.3, 0.4) is 0 Å². The largest absolute Gasteiger partial charge is 0.488 e. The van der Waals surface area contributed by atoms with Crippen LogP contribution in [-0.2, 0) is 6.54 Å². The summed E-state index contributed by atoms with van der Waals surface area (Å²) in [6.07, 6.45) is 1.51. The van der Waals surface area contributed by atoms with Gasteiger partial charge in [0.05, 0.1) is 22.3 Å². The Balaban J connectivity index is 2.01. The second-order valence-electron chi connectivity index (χ2n) is 5.47. The van der Waals surface area contributed by atoms with Crippen molar-refractivity contribution in [1.82, 2.24) is 9.55 Å². The lowest BCUT2D eigenvalue weighted by molar-refractivity contribution is -0.385. The highest BCUT2D eigenvalue weighted by atomic mass is 16.6. The molecule has 10 heteroatoms. The molecular weight excluding hydrogens is 327 g/mol. The molecule has 3 rings (SSSR count). The van der Waals surface area contributed by atoms with Crippen LogP contribution in [-0.4, -0.2) is 37.5 Å². The highest BCUT2D eigenvalue weighted by Crippen LogP contribution is 2.25. The molecule has 0 radical (unpaired) electrons. The third kappa shape index (κ3) is 3.20. The number of carbonyl (C=O) groups excluding carboxylic acids is 1. The van der Waals surface area contributed by atoms with Gasteiger partial charge in [0, 0.05) is 12.6 Å². The van der Waals surface area contributed by atoms with Crippen LogP contribution in [0.1, 0.15) is 15.9 Å². The van der Waals surface area contributed by atoms with E-state index in [9.17, 15) is 14.9 Å². The van der Waals surface area contributed by atoms with Gasteiger partial charge in [-0.25, -0.2) is 4.98 Å². The Bertz CT molecular complexity index is 968. The van der Waals surface area contributed by atoms with Gasteiger partial charge in [-0.05, 0) is 17.1 Å². The number of aromatic nitrogens is 2. The summed E-state index contributed by atoms with van der Waals surface area (Å²) in [5.41, 5.74) is 6.74. The zero-order chi connectivity index (χ0) is 18.1. The van der Waals surface area contributed by atoms with Crippen molar-refractivity contribution in [3.05, 3.63) is 64.0 Å². The van der Waals surface area contributed by atoms with Crippen LogP contribution in [0.25, 0.3) is 11.0 Å². The lowest BCUT2D eigenvalue weighted by Crippen LogP contribution is -2.29. The number of hydrogen-bond acceptors (Lipinski definition) is 6. The first kappa shape index (κ1) is 16.6. The van der Waals surface area contributed by atoms with Gasteiger partial charge in [0.25, 0.3) is 11.6 Å². The number of nitro groups is 1. The van der Waals surface area contributed by atoms with E-state index < -0.39 is 17.9 Å². The minimum absolute atomic E-state index is 0.191. The highest BCUT2D eigenvalue weighted by molar-refractivity contribution is 6.58. The molecular formula is C15H13BN4O5. The average Bonchev–Trinajstić information content (AvgIpc) is 2.96. The molecule has 4 N–H and O–H groups in total. The molecule has 1 aromatic heterocycles. The van der Waals surface area contributed by atoms with Gasteiger partial charge in [-0.3, -0.25) is 14.9 Å². The standard InChI is InChI=1S/C15H13BN4O5/c17-15(21)11-5-12-14(6-13(11)20(24)25)19(8-18-12)7-9-1-3-10(4-2-9)16(22)23/h1-6,8,22-23H,7H2,(H2,17,21). The van der Waals surface area contributed by atoms with Gasteiger partial charge < -0.3 is 20.3 Å². The summed E-state index contributed by atoms with van der Waals surface area (Å²) < 4.78 is 1.69. The number of benzene rings is 2. The van der Waals surface area contributed by atoms with E-state index in [2.05, 4.69) is 4.98 Å². The number of imidazole rings is 1. The van der Waals surface area contributed by atoms with Crippen LogP contribution >= 0.6 is 0 Å². The summed E-state index contributed by atoms with van der Waals surface area (Å²) in [6, 6.07) is 9.16. The first-order chi connectivity index (χ1) is 11.9. The molecule has 1 amide bonds. The Morgan fingerprint density at radius 1 is 1.28 bits per heavy atom. The Morgan fingerprint density at radius 3 is 2.52 bits per heavy atom. The summed E-state index contributed by atoms with van der Waals surface area (Å²) in [5, 5.41) is 29.4. The van der Waals surface area contributed by atoms with Crippen LogP contribution in [0.4, 0.5) is 5.69 Å². The Morgan fingerprint density at radius 2 is 1.96 bits per heavy atom. The summed E-state index contributed by atoms with van der Waals surface area (Å²) >= 11 is 0. The third-order valence-corrected chi connectivity index (χ3v) is 3.83. The van der Waals surface area contributed by atoms with Gasteiger partial charge in [-0.15, -0.1) is 0 Å². The number of carbonyl (C=O) groups is 1. The van der Waals surface area contributed by atoms with E-state index in [0.717, 1.165) is 5.56 Å². The number of primary amides is 1. The Hall–Kier alpha value is -3.24. The first-order valence-electron chi connectivity index (χ1n) is 7.25. The van der Waals surface area contributed by atoms with Crippen LogP contribution in [0.2, 0.25) is 0 Å². The molecule has 2 aromatic carbocycles. The number of nitro benzene ring substituents is 1. The van der Waals surface area contributed by atoms with E-state index >= 15 is 0 Å². The molecule has 0 saturated carbocycles. The van der Waals surface area contributed by atoms with Gasteiger partial charge in [0.15, 0.2) is 0 Å². The lowest BCUT2D eigenvalue weighted by Gasteiger charge is -2.07. The van der Waals surface area contributed by atoms with Gasteiger partial charge >= 0.3 is 7.12 Å². The van der Waals surface area contributed by atoms with Crippen molar-refractivity contribution >= 4 is 35.2 Å². The van der Waals surface area contributed by atoms with Crippen molar-refractivity contribution in [1.29, 1.82) is 0 Å². The highest BCUT2D eigenvalue weighted by Gasteiger charge is 2.21. The lowest BCUT2D eigenvalue weighted by atomic mass is 9.80. The summed E-state index contributed by atoms with van der Waals surface area (Å²) in [4.78, 5) is 26.1. The molecule has 3 aromatic rings. The minimum Gasteiger partial charge on any atom is -0.423 e. The van der Waals surface area contributed by atoms with Gasteiger partial charge in [-0.2, -0.15) is 0 Å². The normalized spacial score (nSPS) is 10.8. The molecule has 25 heavy (non-hydrogen) atoms. The molecule has 0 fully saturated rings. The predicted molar refractivity (Wildman–Crippen MR) is 90.3 cm³/mol. The first-order valence-corrected chi connectivity index (χ1v) is 7.25. The number of rotatable bonds is 5. The molecule has 0 aliphatic carbocycles. The van der Waals surface area contributed by atoms with Crippen molar-refractivity contribution in [3.63, 3.8) is 0 Å². The number of nitrogens with two attached hydrogens (primary N) is 1. The van der Waals surface area contributed by atoms with Crippen molar-refractivity contribution in [2.24, 2.45) is 5.73 Å². The molecule has 0 atom stereocenters. The summed E-state index contributed by atoms with van der Waals surface area (Å²) in [7, 11) is -1.54. The fourth-order valence-corrected chi connectivity index (χ4v) is 2.56.